The second-order valence-corrected chi connectivity index (χ2v) is 7.80. The number of nitrogens with zero attached hydrogens (tertiary/aromatic N) is 2. The number of amides is 1. The van der Waals surface area contributed by atoms with Crippen LogP contribution in [0.1, 0.15) is 31.7 Å². The fourth-order valence-corrected chi connectivity index (χ4v) is 4.10. The number of benzene rings is 2. The predicted octanol–water partition coefficient (Wildman–Crippen LogP) is 4.94. The Balaban J connectivity index is 1.63. The summed E-state index contributed by atoms with van der Waals surface area (Å²) in [6, 6.07) is 12.4. The summed E-state index contributed by atoms with van der Waals surface area (Å²) in [5.74, 6) is 0.492. The highest BCUT2D eigenvalue weighted by molar-refractivity contribution is 6.32. The minimum absolute atomic E-state index is 0.104. The van der Waals surface area contributed by atoms with Gasteiger partial charge in [0.25, 0.3) is 0 Å². The van der Waals surface area contributed by atoms with E-state index in [1.807, 2.05) is 30.0 Å². The molecule has 0 saturated carbocycles. The summed E-state index contributed by atoms with van der Waals surface area (Å²) < 4.78 is 18.7. The molecule has 6 heteroatoms. The van der Waals surface area contributed by atoms with E-state index in [9.17, 15) is 9.18 Å². The molecule has 156 valence electrons. The standard InChI is InChI=1S/C23H28ClFN2O2/c1-3-23(28)27(20-7-8-21(24)22(16-20)29-2)19-10-13-26(14-11-19)12-9-17-5-4-6-18(25)15-17/h4-8,15-16,19H,3,9-14H2,1-2H3. The molecule has 0 spiro atoms. The van der Waals surface area contributed by atoms with Crippen molar-refractivity contribution in [1.82, 2.24) is 4.90 Å². The summed E-state index contributed by atoms with van der Waals surface area (Å²) in [6.07, 6.45) is 3.08. The molecule has 3 rings (SSSR count). The zero-order valence-electron chi connectivity index (χ0n) is 17.0. The Morgan fingerprint density at radius 2 is 2.00 bits per heavy atom. The molecule has 0 aliphatic carbocycles. The number of hydrogen-bond donors (Lipinski definition) is 0. The van der Waals surface area contributed by atoms with E-state index >= 15 is 0 Å². The van der Waals surface area contributed by atoms with Crippen molar-refractivity contribution in [2.75, 3.05) is 31.6 Å². The van der Waals surface area contributed by atoms with E-state index in [0.717, 1.165) is 50.1 Å². The molecule has 1 saturated heterocycles. The summed E-state index contributed by atoms with van der Waals surface area (Å²) >= 11 is 6.16. The monoisotopic (exact) mass is 418 g/mol. The van der Waals surface area contributed by atoms with E-state index in [1.165, 1.54) is 6.07 Å². The quantitative estimate of drug-likeness (QED) is 0.638. The molecule has 2 aromatic carbocycles. The Kier molecular flexibility index (Phi) is 7.51. The van der Waals surface area contributed by atoms with Crippen molar-refractivity contribution in [3.05, 3.63) is 58.9 Å². The lowest BCUT2D eigenvalue weighted by Gasteiger charge is -2.38. The van der Waals surface area contributed by atoms with Gasteiger partial charge >= 0.3 is 0 Å². The van der Waals surface area contributed by atoms with Crippen LogP contribution >= 0.6 is 11.6 Å². The molecule has 0 atom stereocenters. The highest BCUT2D eigenvalue weighted by Crippen LogP contribution is 2.32. The van der Waals surface area contributed by atoms with Gasteiger partial charge in [-0.25, -0.2) is 4.39 Å². The number of methoxy groups -OCH3 is 1. The first-order valence-electron chi connectivity index (χ1n) is 10.1. The third-order valence-electron chi connectivity index (χ3n) is 5.51. The van der Waals surface area contributed by atoms with E-state index in [-0.39, 0.29) is 17.8 Å². The number of carbonyl (C=O) groups is 1. The van der Waals surface area contributed by atoms with Crippen LogP contribution in [0, 0.1) is 5.82 Å². The van der Waals surface area contributed by atoms with Gasteiger partial charge in [0.2, 0.25) is 5.91 Å². The van der Waals surface area contributed by atoms with E-state index in [1.54, 1.807) is 25.3 Å². The smallest absolute Gasteiger partial charge is 0.226 e. The molecule has 1 amide bonds. The maximum atomic E-state index is 13.4. The summed E-state index contributed by atoms with van der Waals surface area (Å²) in [4.78, 5) is 17.0. The van der Waals surface area contributed by atoms with Gasteiger partial charge in [-0.3, -0.25) is 4.79 Å². The second-order valence-electron chi connectivity index (χ2n) is 7.39. The normalized spacial score (nSPS) is 15.3. The van der Waals surface area contributed by atoms with Crippen molar-refractivity contribution >= 4 is 23.2 Å². The zero-order valence-corrected chi connectivity index (χ0v) is 17.8. The molecule has 0 radical (unpaired) electrons. The average molecular weight is 419 g/mol. The molecule has 1 aliphatic heterocycles. The highest BCUT2D eigenvalue weighted by atomic mass is 35.5. The minimum atomic E-state index is -0.187. The minimum Gasteiger partial charge on any atom is -0.495 e. The van der Waals surface area contributed by atoms with E-state index < -0.39 is 0 Å². The van der Waals surface area contributed by atoms with Gasteiger partial charge in [-0.2, -0.15) is 0 Å². The molecule has 2 aromatic rings. The molecule has 4 nitrogen and oxygen atoms in total. The Labute approximate surface area is 177 Å². The third kappa shape index (κ3) is 5.49. The molecule has 1 aliphatic rings. The van der Waals surface area contributed by atoms with Crippen LogP contribution in [0.2, 0.25) is 5.02 Å². The summed E-state index contributed by atoms with van der Waals surface area (Å²) in [6.45, 7) is 4.61. The number of rotatable bonds is 7. The topological polar surface area (TPSA) is 32.8 Å². The van der Waals surface area contributed by atoms with Crippen molar-refractivity contribution in [2.24, 2.45) is 0 Å². The molecule has 0 bridgehead atoms. The molecule has 1 heterocycles. The van der Waals surface area contributed by atoms with Crippen LogP contribution in [0.5, 0.6) is 5.75 Å². The highest BCUT2D eigenvalue weighted by Gasteiger charge is 2.28. The Morgan fingerprint density at radius 3 is 2.66 bits per heavy atom. The SMILES string of the molecule is CCC(=O)N(c1ccc(Cl)c(OC)c1)C1CCN(CCc2cccc(F)c2)CC1. The van der Waals surface area contributed by atoms with Gasteiger partial charge in [0.1, 0.15) is 11.6 Å². The van der Waals surface area contributed by atoms with Gasteiger partial charge in [-0.05, 0) is 49.1 Å². The summed E-state index contributed by atoms with van der Waals surface area (Å²) in [5.41, 5.74) is 1.85. The van der Waals surface area contributed by atoms with Crippen molar-refractivity contribution < 1.29 is 13.9 Å². The molecule has 29 heavy (non-hydrogen) atoms. The van der Waals surface area contributed by atoms with Crippen LogP contribution in [0.4, 0.5) is 10.1 Å². The summed E-state index contributed by atoms with van der Waals surface area (Å²) in [7, 11) is 1.58. The fourth-order valence-electron chi connectivity index (χ4n) is 3.91. The first-order chi connectivity index (χ1) is 14.0. The van der Waals surface area contributed by atoms with Crippen LogP contribution in [-0.4, -0.2) is 43.6 Å². The molecule has 0 aromatic heterocycles. The van der Waals surface area contributed by atoms with Crippen molar-refractivity contribution in [3.8, 4) is 5.75 Å². The van der Waals surface area contributed by atoms with Crippen LogP contribution in [0.25, 0.3) is 0 Å². The second kappa shape index (κ2) is 10.1. The van der Waals surface area contributed by atoms with Crippen molar-refractivity contribution in [3.63, 3.8) is 0 Å². The first kappa shape index (κ1) is 21.6. The molecule has 0 N–H and O–H groups in total. The number of anilines is 1. The van der Waals surface area contributed by atoms with Crippen molar-refractivity contribution in [2.45, 2.75) is 38.6 Å². The van der Waals surface area contributed by atoms with Gasteiger partial charge in [0, 0.05) is 43.9 Å². The number of ether oxygens (including phenoxy) is 1. The van der Waals surface area contributed by atoms with Gasteiger partial charge in [0.05, 0.1) is 12.1 Å². The molecule has 1 fully saturated rings. The number of hydrogen-bond acceptors (Lipinski definition) is 3. The lowest BCUT2D eigenvalue weighted by molar-refractivity contribution is -0.119. The third-order valence-corrected chi connectivity index (χ3v) is 5.82. The Bertz CT molecular complexity index is 837. The van der Waals surface area contributed by atoms with Crippen LogP contribution in [0.3, 0.4) is 0 Å². The number of halogens is 2. The number of likely N-dealkylation sites (tertiary alicyclic amines) is 1. The zero-order chi connectivity index (χ0) is 20.8. The van der Waals surface area contributed by atoms with Gasteiger partial charge in [0.15, 0.2) is 0 Å². The lowest BCUT2D eigenvalue weighted by atomic mass is 10.0. The predicted molar refractivity (Wildman–Crippen MR) is 115 cm³/mol. The van der Waals surface area contributed by atoms with E-state index in [2.05, 4.69) is 4.90 Å². The van der Waals surface area contributed by atoms with Gasteiger partial charge in [-0.1, -0.05) is 30.7 Å². The Morgan fingerprint density at radius 1 is 1.24 bits per heavy atom. The molecule has 0 unspecified atom stereocenters. The molecular weight excluding hydrogens is 391 g/mol. The van der Waals surface area contributed by atoms with E-state index in [4.69, 9.17) is 16.3 Å². The molecular formula is C23H28ClFN2O2. The largest absolute Gasteiger partial charge is 0.495 e. The maximum Gasteiger partial charge on any atom is 0.226 e. The van der Waals surface area contributed by atoms with Crippen LogP contribution in [0.15, 0.2) is 42.5 Å². The average Bonchev–Trinajstić information content (AvgIpc) is 2.74. The summed E-state index contributed by atoms with van der Waals surface area (Å²) in [5, 5.41) is 0.535. The number of carbonyl (C=O) groups excluding carboxylic acids is 1. The van der Waals surface area contributed by atoms with E-state index in [0.29, 0.717) is 17.2 Å². The Hall–Kier alpha value is -2.11. The maximum absolute atomic E-state index is 13.4. The lowest BCUT2D eigenvalue weighted by Crippen LogP contribution is -2.47. The van der Waals surface area contributed by atoms with Gasteiger partial charge < -0.3 is 14.5 Å². The van der Waals surface area contributed by atoms with Crippen LogP contribution in [-0.2, 0) is 11.2 Å². The fraction of sp³-hybridized carbons (Fsp3) is 0.435. The first-order valence-corrected chi connectivity index (χ1v) is 10.5. The van der Waals surface area contributed by atoms with Crippen LogP contribution < -0.4 is 9.64 Å². The van der Waals surface area contributed by atoms with Crippen molar-refractivity contribution in [1.29, 1.82) is 0 Å². The number of piperidine rings is 1. The van der Waals surface area contributed by atoms with Gasteiger partial charge in [-0.15, -0.1) is 0 Å².